The van der Waals surface area contributed by atoms with Gasteiger partial charge in [-0.05, 0) is 29.6 Å². The summed E-state index contributed by atoms with van der Waals surface area (Å²) in [4.78, 5) is 31.1. The highest BCUT2D eigenvalue weighted by Crippen LogP contribution is 2.24. The van der Waals surface area contributed by atoms with E-state index in [0.717, 1.165) is 30.9 Å². The minimum absolute atomic E-state index is 0.0209. The fourth-order valence-electron chi connectivity index (χ4n) is 3.23. The van der Waals surface area contributed by atoms with Crippen LogP contribution in [0.15, 0.2) is 35.7 Å². The molecule has 0 spiro atoms. The first-order valence-corrected chi connectivity index (χ1v) is 10.3. The largest absolute Gasteiger partial charge is 0.496 e. The van der Waals surface area contributed by atoms with Crippen molar-refractivity contribution in [2.75, 3.05) is 46.9 Å². The van der Waals surface area contributed by atoms with E-state index in [1.807, 2.05) is 34.5 Å². The van der Waals surface area contributed by atoms with Gasteiger partial charge in [0.1, 0.15) is 5.75 Å². The molecule has 0 radical (unpaired) electrons. The zero-order valence-electron chi connectivity index (χ0n) is 16.1. The smallest absolute Gasteiger partial charge is 0.264 e. The maximum Gasteiger partial charge on any atom is 0.264 e. The number of halogens is 1. The van der Waals surface area contributed by atoms with Crippen molar-refractivity contribution in [2.24, 2.45) is 0 Å². The number of benzene rings is 1. The van der Waals surface area contributed by atoms with Gasteiger partial charge in [0.25, 0.3) is 5.91 Å². The lowest BCUT2D eigenvalue weighted by Crippen LogP contribution is -2.51. The molecule has 1 aromatic heterocycles. The van der Waals surface area contributed by atoms with Crippen LogP contribution in [0.3, 0.4) is 0 Å². The number of hydrogen-bond donors (Lipinski definition) is 0. The van der Waals surface area contributed by atoms with Crippen LogP contribution >= 0.6 is 22.9 Å². The maximum atomic E-state index is 12.6. The highest BCUT2D eigenvalue weighted by atomic mass is 35.5. The Balaban J connectivity index is 1.50. The van der Waals surface area contributed by atoms with Crippen LogP contribution in [0.5, 0.6) is 5.75 Å². The van der Waals surface area contributed by atoms with Crippen molar-refractivity contribution in [1.29, 1.82) is 0 Å². The van der Waals surface area contributed by atoms with Gasteiger partial charge in [-0.2, -0.15) is 0 Å². The normalized spacial score (nSPS) is 14.8. The minimum Gasteiger partial charge on any atom is -0.496 e. The molecule has 0 aliphatic carbocycles. The van der Waals surface area contributed by atoms with Crippen molar-refractivity contribution < 1.29 is 14.3 Å². The molecular weight excluding hydrogens is 398 g/mol. The maximum absolute atomic E-state index is 12.6. The molecule has 0 unspecified atom stereocenters. The summed E-state index contributed by atoms with van der Waals surface area (Å²) in [5.74, 6) is 0.680. The molecule has 0 atom stereocenters. The molecule has 8 heteroatoms. The van der Waals surface area contributed by atoms with Crippen LogP contribution in [0.2, 0.25) is 5.02 Å². The van der Waals surface area contributed by atoms with E-state index < -0.39 is 0 Å². The molecule has 0 saturated carbocycles. The monoisotopic (exact) mass is 421 g/mol. The van der Waals surface area contributed by atoms with Gasteiger partial charge in [0.05, 0.1) is 18.5 Å². The molecule has 28 heavy (non-hydrogen) atoms. The van der Waals surface area contributed by atoms with Crippen molar-refractivity contribution in [1.82, 2.24) is 14.7 Å². The Bertz CT molecular complexity index is 820. The predicted molar refractivity (Wildman–Crippen MR) is 111 cm³/mol. The summed E-state index contributed by atoms with van der Waals surface area (Å²) in [7, 11) is 3.32. The molecule has 1 aromatic carbocycles. The van der Waals surface area contributed by atoms with Crippen LogP contribution in [0, 0.1) is 0 Å². The molecule has 0 N–H and O–H groups in total. The second-order valence-electron chi connectivity index (χ2n) is 6.75. The molecule has 6 nitrogen and oxygen atoms in total. The summed E-state index contributed by atoms with van der Waals surface area (Å²) < 4.78 is 5.41. The number of piperazine rings is 1. The van der Waals surface area contributed by atoms with Gasteiger partial charge in [0, 0.05) is 50.4 Å². The number of rotatable bonds is 6. The third kappa shape index (κ3) is 5.04. The Kier molecular flexibility index (Phi) is 6.93. The van der Waals surface area contributed by atoms with Gasteiger partial charge in [-0.25, -0.2) is 0 Å². The van der Waals surface area contributed by atoms with Crippen molar-refractivity contribution in [2.45, 2.75) is 6.54 Å². The lowest BCUT2D eigenvalue weighted by Gasteiger charge is -2.35. The quantitative estimate of drug-likeness (QED) is 0.719. The van der Waals surface area contributed by atoms with Gasteiger partial charge >= 0.3 is 0 Å². The van der Waals surface area contributed by atoms with Crippen LogP contribution in [-0.4, -0.2) is 73.4 Å². The van der Waals surface area contributed by atoms with Gasteiger partial charge in [-0.3, -0.25) is 14.5 Å². The zero-order chi connectivity index (χ0) is 20.1. The van der Waals surface area contributed by atoms with E-state index in [0.29, 0.717) is 23.0 Å². The number of likely N-dealkylation sites (N-methyl/N-ethyl adjacent to an activating group) is 1. The molecule has 1 saturated heterocycles. The Labute approximate surface area is 174 Å². The van der Waals surface area contributed by atoms with Crippen molar-refractivity contribution in [3.05, 3.63) is 51.2 Å². The third-order valence-corrected chi connectivity index (χ3v) is 5.91. The summed E-state index contributed by atoms with van der Waals surface area (Å²) >= 11 is 7.49. The van der Waals surface area contributed by atoms with E-state index in [1.165, 1.54) is 16.2 Å². The average Bonchev–Trinajstić information content (AvgIpc) is 3.23. The number of nitrogens with zero attached hydrogens (tertiary/aromatic N) is 3. The lowest BCUT2D eigenvalue weighted by molar-refractivity contribution is -0.133. The molecule has 1 aliphatic heterocycles. The van der Waals surface area contributed by atoms with Crippen LogP contribution in [0.1, 0.15) is 15.2 Å². The molecule has 3 rings (SSSR count). The minimum atomic E-state index is -0.116. The van der Waals surface area contributed by atoms with Crippen LogP contribution < -0.4 is 4.74 Å². The van der Waals surface area contributed by atoms with E-state index in [9.17, 15) is 9.59 Å². The SMILES string of the molecule is COc1ccc(Cl)cc1CN1CCN(C(=O)CN(C)C(=O)c2cccs2)CC1. The number of thiophene rings is 1. The summed E-state index contributed by atoms with van der Waals surface area (Å²) in [6, 6.07) is 9.22. The van der Waals surface area contributed by atoms with Gasteiger partial charge in [0.2, 0.25) is 5.91 Å². The summed E-state index contributed by atoms with van der Waals surface area (Å²) in [5, 5.41) is 2.54. The number of ether oxygens (including phenoxy) is 1. The van der Waals surface area contributed by atoms with Crippen molar-refractivity contribution in [3.8, 4) is 5.75 Å². The molecule has 1 fully saturated rings. The molecule has 2 aromatic rings. The number of methoxy groups -OCH3 is 1. The lowest BCUT2D eigenvalue weighted by atomic mass is 10.1. The average molecular weight is 422 g/mol. The van der Waals surface area contributed by atoms with Crippen LogP contribution in [0.4, 0.5) is 0 Å². The van der Waals surface area contributed by atoms with Crippen molar-refractivity contribution in [3.63, 3.8) is 0 Å². The van der Waals surface area contributed by atoms with Gasteiger partial charge < -0.3 is 14.5 Å². The van der Waals surface area contributed by atoms with Crippen molar-refractivity contribution >= 4 is 34.8 Å². The third-order valence-electron chi connectivity index (χ3n) is 4.81. The predicted octanol–water partition coefficient (Wildman–Crippen LogP) is 2.83. The zero-order valence-corrected chi connectivity index (χ0v) is 17.6. The first-order chi connectivity index (χ1) is 13.5. The van der Waals surface area contributed by atoms with Gasteiger partial charge in [0.15, 0.2) is 0 Å². The fourth-order valence-corrected chi connectivity index (χ4v) is 4.14. The summed E-state index contributed by atoms with van der Waals surface area (Å²) in [6.45, 7) is 3.64. The topological polar surface area (TPSA) is 53.1 Å². The van der Waals surface area contributed by atoms with E-state index in [4.69, 9.17) is 16.3 Å². The van der Waals surface area contributed by atoms with Crippen LogP contribution in [0.25, 0.3) is 0 Å². The molecular formula is C20H24ClN3O3S. The first kappa shape index (κ1) is 20.6. The number of amides is 2. The van der Waals surface area contributed by atoms with Gasteiger partial charge in [-0.1, -0.05) is 17.7 Å². The standard InChI is InChI=1S/C20H24ClN3O3S/c1-22(20(26)18-4-3-11-28-18)14-19(25)24-9-7-23(8-10-24)13-15-12-16(21)5-6-17(15)27-2/h3-6,11-12H,7-10,13-14H2,1-2H3. The van der Waals surface area contributed by atoms with E-state index in [2.05, 4.69) is 4.90 Å². The molecule has 0 bridgehead atoms. The van der Waals surface area contributed by atoms with E-state index in [1.54, 1.807) is 20.2 Å². The summed E-state index contributed by atoms with van der Waals surface area (Å²) in [5.41, 5.74) is 1.04. The molecule has 1 aliphatic rings. The molecule has 2 heterocycles. The Morgan fingerprint density at radius 2 is 1.96 bits per heavy atom. The second-order valence-corrected chi connectivity index (χ2v) is 8.14. The molecule has 2 amide bonds. The second kappa shape index (κ2) is 9.41. The first-order valence-electron chi connectivity index (χ1n) is 9.09. The van der Waals surface area contributed by atoms with Gasteiger partial charge in [-0.15, -0.1) is 11.3 Å². The number of hydrogen-bond acceptors (Lipinski definition) is 5. The van der Waals surface area contributed by atoms with E-state index >= 15 is 0 Å². The Hall–Kier alpha value is -2.09. The van der Waals surface area contributed by atoms with Crippen LogP contribution in [-0.2, 0) is 11.3 Å². The summed E-state index contributed by atoms with van der Waals surface area (Å²) in [6.07, 6.45) is 0. The number of carbonyl (C=O) groups excluding carboxylic acids is 2. The Morgan fingerprint density at radius 1 is 1.21 bits per heavy atom. The highest BCUT2D eigenvalue weighted by Gasteiger charge is 2.24. The highest BCUT2D eigenvalue weighted by molar-refractivity contribution is 7.12. The molecule has 150 valence electrons. The van der Waals surface area contributed by atoms with E-state index in [-0.39, 0.29) is 18.4 Å². The fraction of sp³-hybridized carbons (Fsp3) is 0.400. The Morgan fingerprint density at radius 3 is 2.61 bits per heavy atom. The number of carbonyl (C=O) groups is 2.